The highest BCUT2D eigenvalue weighted by Gasteiger charge is 2.29. The van der Waals surface area contributed by atoms with E-state index in [0.717, 1.165) is 45.2 Å². The standard InChI is InChI=1S/C21H32N2O3/c1-3-4-10-19(21(25)26)22-20(24)16(2)23-13-11-18(12-14-23)15-17-8-6-5-7-9-17/h5-9,16,18-19H,3-4,10-15H2,1-2H3,(H,22,24)(H,25,26). The predicted octanol–water partition coefficient (Wildman–Crippen LogP) is 3.09. The summed E-state index contributed by atoms with van der Waals surface area (Å²) in [6.07, 6.45) is 5.45. The monoisotopic (exact) mass is 360 g/mol. The van der Waals surface area contributed by atoms with E-state index in [1.165, 1.54) is 5.56 Å². The molecule has 1 aliphatic rings. The Bertz CT molecular complexity index is 568. The quantitative estimate of drug-likeness (QED) is 0.710. The second kappa shape index (κ2) is 10.3. The van der Waals surface area contributed by atoms with Gasteiger partial charge in [0, 0.05) is 0 Å². The number of carbonyl (C=O) groups excluding carboxylic acids is 1. The number of nitrogens with one attached hydrogen (secondary N) is 1. The van der Waals surface area contributed by atoms with E-state index < -0.39 is 12.0 Å². The number of aliphatic carboxylic acids is 1. The molecule has 1 amide bonds. The molecule has 0 radical (unpaired) electrons. The maximum absolute atomic E-state index is 12.5. The Morgan fingerprint density at radius 2 is 1.88 bits per heavy atom. The first-order chi connectivity index (χ1) is 12.5. The summed E-state index contributed by atoms with van der Waals surface area (Å²) in [6, 6.07) is 9.48. The minimum absolute atomic E-state index is 0.171. The number of carboxylic acid groups (broad SMARTS) is 1. The molecule has 1 aromatic carbocycles. The summed E-state index contributed by atoms with van der Waals surface area (Å²) in [5, 5.41) is 12.0. The van der Waals surface area contributed by atoms with E-state index in [1.54, 1.807) is 0 Å². The average molecular weight is 360 g/mol. The summed E-state index contributed by atoms with van der Waals surface area (Å²) in [7, 11) is 0. The van der Waals surface area contributed by atoms with Crippen molar-refractivity contribution in [2.75, 3.05) is 13.1 Å². The van der Waals surface area contributed by atoms with Crippen LogP contribution in [0.25, 0.3) is 0 Å². The highest BCUT2D eigenvalue weighted by atomic mass is 16.4. The molecule has 1 aromatic rings. The molecule has 0 aromatic heterocycles. The van der Waals surface area contributed by atoms with Crippen LogP contribution in [0.15, 0.2) is 30.3 Å². The highest BCUT2D eigenvalue weighted by molar-refractivity contribution is 5.86. The number of unbranched alkanes of at least 4 members (excludes halogenated alkanes) is 1. The first-order valence-electron chi connectivity index (χ1n) is 9.82. The summed E-state index contributed by atoms with van der Waals surface area (Å²) in [6.45, 7) is 5.67. The van der Waals surface area contributed by atoms with Crippen molar-refractivity contribution >= 4 is 11.9 Å². The van der Waals surface area contributed by atoms with Crippen LogP contribution < -0.4 is 5.32 Å². The fourth-order valence-corrected chi connectivity index (χ4v) is 3.62. The summed E-state index contributed by atoms with van der Waals surface area (Å²) in [4.78, 5) is 26.0. The third-order valence-corrected chi connectivity index (χ3v) is 5.40. The lowest BCUT2D eigenvalue weighted by atomic mass is 9.89. The Hall–Kier alpha value is -1.88. The van der Waals surface area contributed by atoms with E-state index in [1.807, 2.05) is 19.9 Å². The van der Waals surface area contributed by atoms with Gasteiger partial charge in [-0.3, -0.25) is 9.69 Å². The molecule has 144 valence electrons. The Morgan fingerprint density at radius 3 is 2.46 bits per heavy atom. The van der Waals surface area contributed by atoms with Gasteiger partial charge in [0.25, 0.3) is 0 Å². The molecular formula is C21H32N2O3. The van der Waals surface area contributed by atoms with Gasteiger partial charge in [0.1, 0.15) is 6.04 Å². The van der Waals surface area contributed by atoms with Crippen LogP contribution in [-0.2, 0) is 16.0 Å². The van der Waals surface area contributed by atoms with Crippen molar-refractivity contribution in [1.82, 2.24) is 10.2 Å². The zero-order valence-electron chi connectivity index (χ0n) is 16.0. The molecule has 2 rings (SSSR count). The summed E-state index contributed by atoms with van der Waals surface area (Å²) in [5.74, 6) is -0.462. The van der Waals surface area contributed by atoms with Crippen molar-refractivity contribution in [3.05, 3.63) is 35.9 Å². The molecule has 0 saturated carbocycles. The Kier molecular flexibility index (Phi) is 8.10. The second-order valence-corrected chi connectivity index (χ2v) is 7.39. The molecule has 5 nitrogen and oxygen atoms in total. The second-order valence-electron chi connectivity index (χ2n) is 7.39. The summed E-state index contributed by atoms with van der Waals surface area (Å²) in [5.41, 5.74) is 1.37. The van der Waals surface area contributed by atoms with Gasteiger partial charge in [-0.1, -0.05) is 50.1 Å². The van der Waals surface area contributed by atoms with Crippen LogP contribution in [0.5, 0.6) is 0 Å². The van der Waals surface area contributed by atoms with Gasteiger partial charge in [-0.2, -0.15) is 0 Å². The smallest absolute Gasteiger partial charge is 0.326 e. The van der Waals surface area contributed by atoms with Crippen LogP contribution in [0.1, 0.15) is 51.5 Å². The maximum atomic E-state index is 12.5. The molecule has 2 unspecified atom stereocenters. The molecule has 5 heteroatoms. The molecule has 1 fully saturated rings. The zero-order chi connectivity index (χ0) is 18.9. The number of nitrogens with zero attached hydrogens (tertiary/aromatic N) is 1. The van der Waals surface area contributed by atoms with Crippen molar-refractivity contribution in [3.63, 3.8) is 0 Å². The minimum Gasteiger partial charge on any atom is -0.480 e. The average Bonchev–Trinajstić information content (AvgIpc) is 2.65. The van der Waals surface area contributed by atoms with Gasteiger partial charge in [-0.25, -0.2) is 4.79 Å². The van der Waals surface area contributed by atoms with Gasteiger partial charge in [-0.05, 0) is 57.2 Å². The van der Waals surface area contributed by atoms with E-state index in [0.29, 0.717) is 12.3 Å². The third kappa shape index (κ3) is 6.13. The van der Waals surface area contributed by atoms with E-state index >= 15 is 0 Å². The van der Waals surface area contributed by atoms with Crippen LogP contribution in [0.4, 0.5) is 0 Å². The predicted molar refractivity (Wildman–Crippen MR) is 103 cm³/mol. The number of likely N-dealkylation sites (tertiary alicyclic amines) is 1. The van der Waals surface area contributed by atoms with Gasteiger partial charge >= 0.3 is 5.97 Å². The van der Waals surface area contributed by atoms with Gasteiger partial charge in [-0.15, -0.1) is 0 Å². The van der Waals surface area contributed by atoms with E-state index in [4.69, 9.17) is 0 Å². The largest absolute Gasteiger partial charge is 0.480 e. The normalized spacial score (nSPS) is 18.2. The van der Waals surface area contributed by atoms with Crippen molar-refractivity contribution in [1.29, 1.82) is 0 Å². The lowest BCUT2D eigenvalue weighted by Gasteiger charge is -2.35. The molecule has 2 N–H and O–H groups in total. The first kappa shape index (κ1) is 20.4. The number of hydrogen-bond donors (Lipinski definition) is 2. The van der Waals surface area contributed by atoms with Crippen molar-refractivity contribution in [2.24, 2.45) is 5.92 Å². The number of rotatable bonds is 9. The van der Waals surface area contributed by atoms with Crippen molar-refractivity contribution in [2.45, 2.75) is 64.5 Å². The number of piperidine rings is 1. The van der Waals surface area contributed by atoms with Crippen LogP contribution in [-0.4, -0.2) is 47.1 Å². The SMILES string of the molecule is CCCCC(NC(=O)C(C)N1CCC(Cc2ccccc2)CC1)C(=O)O. The van der Waals surface area contributed by atoms with Gasteiger partial charge in [0.05, 0.1) is 6.04 Å². The number of benzene rings is 1. The zero-order valence-corrected chi connectivity index (χ0v) is 16.0. The summed E-state index contributed by atoms with van der Waals surface area (Å²) < 4.78 is 0. The Morgan fingerprint density at radius 1 is 1.23 bits per heavy atom. The number of carboxylic acids is 1. The van der Waals surface area contributed by atoms with E-state index in [-0.39, 0.29) is 11.9 Å². The van der Waals surface area contributed by atoms with Crippen LogP contribution in [0.3, 0.4) is 0 Å². The molecular weight excluding hydrogens is 328 g/mol. The molecule has 1 heterocycles. The fourth-order valence-electron chi connectivity index (χ4n) is 3.62. The number of hydrogen-bond acceptors (Lipinski definition) is 3. The maximum Gasteiger partial charge on any atom is 0.326 e. The first-order valence-corrected chi connectivity index (χ1v) is 9.82. The van der Waals surface area contributed by atoms with Crippen molar-refractivity contribution in [3.8, 4) is 0 Å². The van der Waals surface area contributed by atoms with Crippen LogP contribution in [0.2, 0.25) is 0 Å². The molecule has 0 aliphatic carbocycles. The van der Waals surface area contributed by atoms with Gasteiger partial charge in [0.2, 0.25) is 5.91 Å². The Labute approximate surface area is 156 Å². The minimum atomic E-state index is -0.944. The Balaban J connectivity index is 1.80. The molecule has 0 bridgehead atoms. The summed E-state index contributed by atoms with van der Waals surface area (Å²) >= 11 is 0. The lowest BCUT2D eigenvalue weighted by Crippen LogP contribution is -2.52. The topological polar surface area (TPSA) is 69.6 Å². The van der Waals surface area contributed by atoms with Crippen LogP contribution >= 0.6 is 0 Å². The number of amides is 1. The third-order valence-electron chi connectivity index (χ3n) is 5.40. The van der Waals surface area contributed by atoms with E-state index in [9.17, 15) is 14.7 Å². The molecule has 2 atom stereocenters. The molecule has 1 saturated heterocycles. The number of carbonyl (C=O) groups is 2. The van der Waals surface area contributed by atoms with E-state index in [2.05, 4.69) is 34.5 Å². The highest BCUT2D eigenvalue weighted by Crippen LogP contribution is 2.23. The molecule has 0 spiro atoms. The molecule has 26 heavy (non-hydrogen) atoms. The lowest BCUT2D eigenvalue weighted by molar-refractivity contribution is -0.143. The van der Waals surface area contributed by atoms with Crippen LogP contribution in [0, 0.1) is 5.92 Å². The van der Waals surface area contributed by atoms with Gasteiger partial charge in [0.15, 0.2) is 0 Å². The van der Waals surface area contributed by atoms with Crippen molar-refractivity contribution < 1.29 is 14.7 Å². The fraction of sp³-hybridized carbons (Fsp3) is 0.619. The molecule has 1 aliphatic heterocycles. The van der Waals surface area contributed by atoms with Gasteiger partial charge < -0.3 is 10.4 Å².